The van der Waals surface area contributed by atoms with Crippen LogP contribution in [0.5, 0.6) is 5.75 Å². The van der Waals surface area contributed by atoms with Gasteiger partial charge in [0, 0.05) is 10.7 Å². The average Bonchev–Trinajstić information content (AvgIpc) is 2.61. The van der Waals surface area contributed by atoms with Crippen LogP contribution in [-0.2, 0) is 21.2 Å². The lowest BCUT2D eigenvalue weighted by Gasteiger charge is -2.29. The van der Waals surface area contributed by atoms with E-state index in [0.29, 0.717) is 16.5 Å². The smallest absolute Gasteiger partial charge is 0.247 e. The van der Waals surface area contributed by atoms with Crippen LogP contribution in [0, 0.1) is 0 Å². The predicted octanol–water partition coefficient (Wildman–Crippen LogP) is 3.70. The van der Waals surface area contributed by atoms with Gasteiger partial charge in [0.2, 0.25) is 15.9 Å². The molecule has 2 aromatic rings. The summed E-state index contributed by atoms with van der Waals surface area (Å²) in [7, 11) is -2.36. The maximum atomic E-state index is 12.7. The fourth-order valence-electron chi connectivity index (χ4n) is 2.69. The first-order valence-corrected chi connectivity index (χ1v) is 10.6. The van der Waals surface area contributed by atoms with Crippen LogP contribution >= 0.6 is 11.6 Å². The number of carbonyl (C=O) groups is 1. The number of rotatable bonds is 7. The van der Waals surface area contributed by atoms with Crippen molar-refractivity contribution in [3.8, 4) is 5.75 Å². The van der Waals surface area contributed by atoms with Gasteiger partial charge in [0.25, 0.3) is 0 Å². The van der Waals surface area contributed by atoms with E-state index in [4.69, 9.17) is 16.3 Å². The van der Waals surface area contributed by atoms with Crippen LogP contribution < -0.4 is 14.4 Å². The van der Waals surface area contributed by atoms with Crippen LogP contribution in [0.4, 0.5) is 11.4 Å². The van der Waals surface area contributed by atoms with Crippen molar-refractivity contribution in [1.82, 2.24) is 0 Å². The molecular formula is C19H23ClN2O4S. The summed E-state index contributed by atoms with van der Waals surface area (Å²) in [5.74, 6) is -0.163. The lowest BCUT2D eigenvalue weighted by atomic mass is 10.1. The first kappa shape index (κ1) is 21.1. The minimum Gasteiger partial charge on any atom is -0.495 e. The number of sulfonamides is 1. The molecule has 146 valence electrons. The summed E-state index contributed by atoms with van der Waals surface area (Å²) in [6.45, 7) is 3.55. The molecule has 0 unspecified atom stereocenters. The number of benzene rings is 2. The Morgan fingerprint density at radius 2 is 1.85 bits per heavy atom. The minimum atomic E-state index is -3.78. The number of nitrogens with zero attached hydrogens (tertiary/aromatic N) is 1. The highest BCUT2D eigenvalue weighted by molar-refractivity contribution is 7.92. The molecule has 0 spiro atoms. The molecule has 0 aliphatic carbocycles. The van der Waals surface area contributed by atoms with Gasteiger partial charge in [-0.05, 0) is 49.2 Å². The molecule has 0 bridgehead atoms. The fourth-order valence-corrected chi connectivity index (χ4v) is 4.02. The number of nitrogens with one attached hydrogen (secondary N) is 1. The van der Waals surface area contributed by atoms with Crippen LogP contribution in [0.15, 0.2) is 42.5 Å². The van der Waals surface area contributed by atoms with E-state index < -0.39 is 22.0 Å². The summed E-state index contributed by atoms with van der Waals surface area (Å²) in [5, 5.41) is 3.08. The fraction of sp³-hybridized carbons (Fsp3) is 0.316. The van der Waals surface area contributed by atoms with Gasteiger partial charge in [-0.15, -0.1) is 0 Å². The van der Waals surface area contributed by atoms with E-state index in [9.17, 15) is 13.2 Å². The molecule has 2 rings (SSSR count). The number of hydrogen-bond donors (Lipinski definition) is 1. The van der Waals surface area contributed by atoms with E-state index >= 15 is 0 Å². The third-order valence-electron chi connectivity index (χ3n) is 4.10. The maximum absolute atomic E-state index is 12.7. The van der Waals surface area contributed by atoms with Crippen LogP contribution in [-0.4, -0.2) is 33.7 Å². The van der Waals surface area contributed by atoms with Crippen LogP contribution in [0.1, 0.15) is 19.4 Å². The van der Waals surface area contributed by atoms with E-state index in [1.165, 1.54) is 20.1 Å². The van der Waals surface area contributed by atoms with Crippen molar-refractivity contribution in [2.75, 3.05) is 23.0 Å². The average molecular weight is 411 g/mol. The molecule has 0 aliphatic rings. The molecule has 0 fully saturated rings. The van der Waals surface area contributed by atoms with E-state index in [1.807, 2.05) is 19.1 Å². The number of hydrogen-bond acceptors (Lipinski definition) is 4. The molecule has 0 aromatic heterocycles. The van der Waals surface area contributed by atoms with Crippen LogP contribution in [0.3, 0.4) is 0 Å². The first-order chi connectivity index (χ1) is 12.7. The van der Waals surface area contributed by atoms with E-state index in [-0.39, 0.29) is 5.69 Å². The molecule has 0 saturated carbocycles. The number of anilines is 2. The molecule has 27 heavy (non-hydrogen) atoms. The summed E-state index contributed by atoms with van der Waals surface area (Å²) in [6.07, 6.45) is 1.92. The van der Waals surface area contributed by atoms with Gasteiger partial charge in [-0.3, -0.25) is 9.10 Å². The van der Waals surface area contributed by atoms with Gasteiger partial charge in [-0.2, -0.15) is 0 Å². The highest BCUT2D eigenvalue weighted by Gasteiger charge is 2.31. The summed E-state index contributed by atoms with van der Waals surface area (Å²) in [4.78, 5) is 12.7. The number of carbonyl (C=O) groups excluding carboxylic acids is 1. The highest BCUT2D eigenvalue weighted by Crippen LogP contribution is 2.34. The number of amides is 1. The molecule has 0 saturated heterocycles. The first-order valence-electron chi connectivity index (χ1n) is 8.40. The Hall–Kier alpha value is -2.25. The lowest BCUT2D eigenvalue weighted by molar-refractivity contribution is -0.116. The summed E-state index contributed by atoms with van der Waals surface area (Å²) in [5.41, 5.74) is 1.94. The molecule has 6 nitrogen and oxygen atoms in total. The van der Waals surface area contributed by atoms with Gasteiger partial charge in [0.05, 0.1) is 19.1 Å². The summed E-state index contributed by atoms with van der Waals surface area (Å²) in [6, 6.07) is 11.0. The van der Waals surface area contributed by atoms with E-state index in [2.05, 4.69) is 5.32 Å². The Kier molecular flexibility index (Phi) is 6.73. The van der Waals surface area contributed by atoms with Gasteiger partial charge in [-0.25, -0.2) is 8.42 Å². The monoisotopic (exact) mass is 410 g/mol. The van der Waals surface area contributed by atoms with Gasteiger partial charge >= 0.3 is 0 Å². The number of aryl methyl sites for hydroxylation is 1. The summed E-state index contributed by atoms with van der Waals surface area (Å²) < 4.78 is 31.1. The van der Waals surface area contributed by atoms with Gasteiger partial charge in [-0.1, -0.05) is 30.7 Å². The van der Waals surface area contributed by atoms with Crippen LogP contribution in [0.2, 0.25) is 5.02 Å². The largest absolute Gasteiger partial charge is 0.495 e. The molecule has 0 heterocycles. The normalized spacial score (nSPS) is 12.3. The second-order valence-corrected chi connectivity index (χ2v) is 8.39. The minimum absolute atomic E-state index is 0.205. The predicted molar refractivity (Wildman–Crippen MR) is 109 cm³/mol. The maximum Gasteiger partial charge on any atom is 0.247 e. The molecular weight excluding hydrogens is 388 g/mol. The Morgan fingerprint density at radius 1 is 1.22 bits per heavy atom. The van der Waals surface area contributed by atoms with Crippen molar-refractivity contribution in [1.29, 1.82) is 0 Å². The molecule has 0 aliphatic heterocycles. The topological polar surface area (TPSA) is 75.7 Å². The lowest BCUT2D eigenvalue weighted by Crippen LogP contribution is -2.45. The van der Waals surface area contributed by atoms with E-state index in [1.54, 1.807) is 24.3 Å². The standard InChI is InChI=1S/C19H23ClN2O4S/c1-5-14-6-9-16(10-7-14)21-19(23)13(2)22(27(4,24)25)17-12-15(20)8-11-18(17)26-3/h6-13H,5H2,1-4H3,(H,21,23)/t13-/m0/s1. The van der Waals surface area contributed by atoms with Crippen molar-refractivity contribution in [2.45, 2.75) is 26.3 Å². The Balaban J connectivity index is 2.36. The van der Waals surface area contributed by atoms with Gasteiger partial charge in [0.15, 0.2) is 0 Å². The highest BCUT2D eigenvalue weighted by atomic mass is 35.5. The molecule has 1 atom stereocenters. The summed E-state index contributed by atoms with van der Waals surface area (Å²) >= 11 is 6.03. The second kappa shape index (κ2) is 8.63. The van der Waals surface area contributed by atoms with Gasteiger partial charge < -0.3 is 10.1 Å². The SMILES string of the molecule is CCc1ccc(NC(=O)[C@H](C)N(c2cc(Cl)ccc2OC)S(C)(=O)=O)cc1. The zero-order chi connectivity index (χ0) is 20.2. The van der Waals surface area contributed by atoms with Crippen molar-refractivity contribution in [3.63, 3.8) is 0 Å². The number of methoxy groups -OCH3 is 1. The molecule has 1 amide bonds. The van der Waals surface area contributed by atoms with E-state index in [0.717, 1.165) is 22.5 Å². The van der Waals surface area contributed by atoms with Crippen molar-refractivity contribution < 1.29 is 17.9 Å². The molecule has 2 aromatic carbocycles. The van der Waals surface area contributed by atoms with Crippen molar-refractivity contribution >= 4 is 38.9 Å². The zero-order valence-corrected chi connectivity index (χ0v) is 17.3. The Labute approximate surface area is 165 Å². The quantitative estimate of drug-likeness (QED) is 0.755. The number of halogens is 1. The van der Waals surface area contributed by atoms with Crippen molar-refractivity contribution in [3.05, 3.63) is 53.1 Å². The zero-order valence-electron chi connectivity index (χ0n) is 15.7. The number of ether oxygens (including phenoxy) is 1. The third-order valence-corrected chi connectivity index (χ3v) is 5.56. The second-order valence-electron chi connectivity index (χ2n) is 6.09. The molecule has 0 radical (unpaired) electrons. The third kappa shape index (κ3) is 5.14. The van der Waals surface area contributed by atoms with Gasteiger partial charge in [0.1, 0.15) is 11.8 Å². The molecule has 8 heteroatoms. The van der Waals surface area contributed by atoms with Crippen LogP contribution in [0.25, 0.3) is 0 Å². The molecule has 1 N–H and O–H groups in total. The Morgan fingerprint density at radius 3 is 2.37 bits per heavy atom. The van der Waals surface area contributed by atoms with Crippen molar-refractivity contribution in [2.24, 2.45) is 0 Å². The Bertz CT molecular complexity index is 914.